The van der Waals surface area contributed by atoms with Gasteiger partial charge in [0, 0.05) is 23.6 Å². The molecular weight excluding hydrogens is 344 g/mol. The van der Waals surface area contributed by atoms with E-state index in [1.807, 2.05) is 6.07 Å². The number of unbranched alkanes of at least 4 members (excludes halogenated alkanes) is 2. The van der Waals surface area contributed by atoms with Crippen LogP contribution in [0.4, 0.5) is 0 Å². The summed E-state index contributed by atoms with van der Waals surface area (Å²) in [6, 6.07) is 20.8. The summed E-state index contributed by atoms with van der Waals surface area (Å²) in [6.07, 6.45) is 4.96. The Morgan fingerprint density at radius 3 is 2.21 bits per heavy atom. The molecule has 0 aliphatic rings. The molecule has 0 radical (unpaired) electrons. The molecule has 0 spiro atoms. The summed E-state index contributed by atoms with van der Waals surface area (Å²) in [5.74, 6) is 0.712. The summed E-state index contributed by atoms with van der Waals surface area (Å²) < 4.78 is 6.11. The molecule has 0 atom stereocenters. The number of nitrogens with zero attached hydrogens (tertiary/aromatic N) is 2. The van der Waals surface area contributed by atoms with Gasteiger partial charge < -0.3 is 4.74 Å². The van der Waals surface area contributed by atoms with Crippen LogP contribution in [0, 0.1) is 0 Å². The van der Waals surface area contributed by atoms with Gasteiger partial charge in [0.2, 0.25) is 5.88 Å². The van der Waals surface area contributed by atoms with Gasteiger partial charge in [-0.15, -0.1) is 0 Å². The van der Waals surface area contributed by atoms with Crippen molar-refractivity contribution in [3.63, 3.8) is 0 Å². The lowest BCUT2D eigenvalue weighted by Crippen LogP contribution is -2.30. The Labute approximate surface area is 169 Å². The zero-order chi connectivity index (χ0) is 19.6. The van der Waals surface area contributed by atoms with Crippen LogP contribution in [0.5, 0.6) is 5.88 Å². The van der Waals surface area contributed by atoms with E-state index in [-0.39, 0.29) is 0 Å². The first-order valence-corrected chi connectivity index (χ1v) is 10.6. The van der Waals surface area contributed by atoms with Crippen molar-refractivity contribution >= 4 is 10.8 Å². The fraction of sp³-hybridized carbons (Fsp3) is 0.400. The van der Waals surface area contributed by atoms with Crippen LogP contribution in [0.3, 0.4) is 0 Å². The first-order chi connectivity index (χ1) is 13.8. The molecule has 1 aromatic heterocycles. The van der Waals surface area contributed by atoms with Gasteiger partial charge in [0.05, 0.1) is 5.69 Å². The van der Waals surface area contributed by atoms with Crippen molar-refractivity contribution in [1.82, 2.24) is 9.88 Å². The van der Waals surface area contributed by atoms with Crippen LogP contribution >= 0.6 is 0 Å². The van der Waals surface area contributed by atoms with Crippen LogP contribution in [0.25, 0.3) is 22.0 Å². The molecule has 0 saturated heterocycles. The monoisotopic (exact) mass is 376 g/mol. The van der Waals surface area contributed by atoms with Gasteiger partial charge in [0.15, 0.2) is 0 Å². The van der Waals surface area contributed by atoms with Crippen molar-refractivity contribution in [3.05, 3.63) is 60.7 Å². The van der Waals surface area contributed by atoms with E-state index in [0.717, 1.165) is 36.3 Å². The lowest BCUT2D eigenvalue weighted by Gasteiger charge is -2.22. The van der Waals surface area contributed by atoms with Crippen LogP contribution in [0.1, 0.15) is 39.5 Å². The molecule has 0 aliphatic heterocycles. The number of aromatic nitrogens is 1. The molecular formula is C25H32N2O. The molecule has 0 aliphatic carbocycles. The van der Waals surface area contributed by atoms with E-state index in [2.05, 4.69) is 73.3 Å². The fourth-order valence-corrected chi connectivity index (χ4v) is 3.44. The van der Waals surface area contributed by atoms with Gasteiger partial charge in [-0.05, 0) is 31.3 Å². The highest BCUT2D eigenvalue weighted by Gasteiger charge is 2.10. The van der Waals surface area contributed by atoms with E-state index >= 15 is 0 Å². The Bertz CT molecular complexity index is 840. The summed E-state index contributed by atoms with van der Waals surface area (Å²) >= 11 is 0. The molecule has 0 fully saturated rings. The van der Waals surface area contributed by atoms with E-state index in [1.54, 1.807) is 0 Å². The van der Waals surface area contributed by atoms with E-state index in [4.69, 9.17) is 9.72 Å². The lowest BCUT2D eigenvalue weighted by atomic mass is 10.0. The minimum absolute atomic E-state index is 0.674. The molecule has 148 valence electrons. The molecule has 0 N–H and O–H groups in total. The molecule has 0 bridgehead atoms. The van der Waals surface area contributed by atoms with Crippen LogP contribution in [0.15, 0.2) is 60.7 Å². The Kier molecular flexibility index (Phi) is 7.86. The van der Waals surface area contributed by atoms with Crippen molar-refractivity contribution in [2.75, 3.05) is 26.2 Å². The van der Waals surface area contributed by atoms with Crippen molar-refractivity contribution < 1.29 is 4.74 Å². The largest absolute Gasteiger partial charge is 0.476 e. The van der Waals surface area contributed by atoms with Gasteiger partial charge in [-0.3, -0.25) is 4.90 Å². The minimum atomic E-state index is 0.674. The van der Waals surface area contributed by atoms with Gasteiger partial charge in [-0.1, -0.05) is 81.3 Å². The third-order valence-electron chi connectivity index (χ3n) is 5.08. The molecule has 0 saturated carbocycles. The molecule has 28 heavy (non-hydrogen) atoms. The van der Waals surface area contributed by atoms with Gasteiger partial charge in [-0.2, -0.15) is 0 Å². The maximum atomic E-state index is 6.11. The normalized spacial score (nSPS) is 11.2. The zero-order valence-corrected chi connectivity index (χ0v) is 17.2. The number of hydrogen-bond donors (Lipinski definition) is 0. The number of hydrogen-bond acceptors (Lipinski definition) is 3. The second-order valence-electron chi connectivity index (χ2n) is 7.29. The number of benzene rings is 2. The van der Waals surface area contributed by atoms with Gasteiger partial charge >= 0.3 is 0 Å². The van der Waals surface area contributed by atoms with Crippen LogP contribution < -0.4 is 4.74 Å². The summed E-state index contributed by atoms with van der Waals surface area (Å²) in [6.45, 7) is 8.43. The second kappa shape index (κ2) is 10.8. The van der Waals surface area contributed by atoms with Crippen LogP contribution in [-0.4, -0.2) is 36.1 Å². The zero-order valence-electron chi connectivity index (χ0n) is 17.2. The molecule has 3 nitrogen and oxygen atoms in total. The average molecular weight is 377 g/mol. The summed E-state index contributed by atoms with van der Waals surface area (Å²) in [5.41, 5.74) is 2.11. The van der Waals surface area contributed by atoms with Crippen molar-refractivity contribution in [1.29, 1.82) is 0 Å². The Balaban J connectivity index is 1.74. The van der Waals surface area contributed by atoms with Crippen molar-refractivity contribution in [2.45, 2.75) is 39.5 Å². The molecule has 0 unspecified atom stereocenters. The fourth-order valence-electron chi connectivity index (χ4n) is 3.44. The number of fused-ring (bicyclic) bond motifs is 1. The van der Waals surface area contributed by atoms with E-state index in [9.17, 15) is 0 Å². The maximum absolute atomic E-state index is 6.11. The highest BCUT2D eigenvalue weighted by atomic mass is 16.5. The third-order valence-corrected chi connectivity index (χ3v) is 5.08. The van der Waals surface area contributed by atoms with Crippen LogP contribution in [-0.2, 0) is 0 Å². The molecule has 0 amide bonds. The Morgan fingerprint density at radius 1 is 0.821 bits per heavy atom. The number of rotatable bonds is 11. The second-order valence-corrected chi connectivity index (χ2v) is 7.29. The first kappa shape index (κ1) is 20.3. The topological polar surface area (TPSA) is 25.4 Å². The highest BCUT2D eigenvalue weighted by molar-refractivity contribution is 5.95. The first-order valence-electron chi connectivity index (χ1n) is 10.6. The Hall–Kier alpha value is -2.39. The van der Waals surface area contributed by atoms with E-state index in [1.165, 1.54) is 31.1 Å². The van der Waals surface area contributed by atoms with E-state index < -0.39 is 0 Å². The lowest BCUT2D eigenvalue weighted by molar-refractivity contribution is 0.201. The summed E-state index contributed by atoms with van der Waals surface area (Å²) in [7, 11) is 0. The smallest absolute Gasteiger partial charge is 0.214 e. The van der Waals surface area contributed by atoms with Gasteiger partial charge in [0.25, 0.3) is 0 Å². The van der Waals surface area contributed by atoms with Gasteiger partial charge in [0.1, 0.15) is 6.61 Å². The number of pyridine rings is 1. The molecule has 3 aromatic rings. The SMILES string of the molecule is CCCCN(CCCC)CCOc1cc2ccccc2c(-c2ccccc2)n1. The average Bonchev–Trinajstić information content (AvgIpc) is 2.75. The molecule has 2 aromatic carbocycles. The number of ether oxygens (including phenoxy) is 1. The van der Waals surface area contributed by atoms with Crippen molar-refractivity contribution in [2.24, 2.45) is 0 Å². The molecule has 1 heterocycles. The Morgan fingerprint density at radius 2 is 1.50 bits per heavy atom. The van der Waals surface area contributed by atoms with E-state index in [0.29, 0.717) is 12.5 Å². The molecule has 3 heteroatoms. The standard InChI is InChI=1S/C25H32N2O/c1-3-5-16-27(17-6-4-2)18-19-28-24-20-22-14-10-11-15-23(22)25(26-24)21-12-8-7-9-13-21/h7-15,20H,3-6,16-19H2,1-2H3. The predicted octanol–water partition coefficient (Wildman–Crippen LogP) is 6.18. The van der Waals surface area contributed by atoms with Gasteiger partial charge in [-0.25, -0.2) is 4.98 Å². The highest BCUT2D eigenvalue weighted by Crippen LogP contribution is 2.29. The van der Waals surface area contributed by atoms with Crippen molar-refractivity contribution in [3.8, 4) is 17.1 Å². The predicted molar refractivity (Wildman–Crippen MR) is 119 cm³/mol. The van der Waals surface area contributed by atoms with Crippen LogP contribution in [0.2, 0.25) is 0 Å². The maximum Gasteiger partial charge on any atom is 0.214 e. The quantitative estimate of drug-likeness (QED) is 0.399. The third kappa shape index (κ3) is 5.56. The summed E-state index contributed by atoms with van der Waals surface area (Å²) in [5, 5.41) is 2.33. The summed E-state index contributed by atoms with van der Waals surface area (Å²) in [4.78, 5) is 7.37. The molecule has 3 rings (SSSR count). The minimum Gasteiger partial charge on any atom is -0.476 e.